The maximum absolute atomic E-state index is 11.8. The number of hydrogen-bond acceptors (Lipinski definition) is 2. The van der Waals surface area contributed by atoms with Crippen LogP contribution in [0.25, 0.3) is 0 Å². The molecular weight excluding hydrogens is 298 g/mol. The number of aryl methyl sites for hydroxylation is 1. The van der Waals surface area contributed by atoms with Crippen LogP contribution in [0.4, 0.5) is 5.69 Å². The SMILES string of the molecule is Cc1cc(Br)c(C(=O)O)cc1NC(=O)C1CC1C. The quantitative estimate of drug-likeness (QED) is 0.901. The topological polar surface area (TPSA) is 66.4 Å². The number of hydrogen-bond donors (Lipinski definition) is 2. The number of rotatable bonds is 3. The minimum Gasteiger partial charge on any atom is -0.478 e. The molecule has 1 aliphatic carbocycles. The van der Waals surface area contributed by atoms with E-state index >= 15 is 0 Å². The van der Waals surface area contributed by atoms with E-state index in [0.29, 0.717) is 16.1 Å². The van der Waals surface area contributed by atoms with Gasteiger partial charge < -0.3 is 10.4 Å². The summed E-state index contributed by atoms with van der Waals surface area (Å²) in [5.74, 6) is -0.539. The Balaban J connectivity index is 2.24. The van der Waals surface area contributed by atoms with Gasteiger partial charge in [0.2, 0.25) is 5.91 Å². The van der Waals surface area contributed by atoms with Gasteiger partial charge in [-0.1, -0.05) is 6.92 Å². The molecule has 0 aliphatic heterocycles. The van der Waals surface area contributed by atoms with Crippen molar-refractivity contribution in [2.24, 2.45) is 11.8 Å². The highest BCUT2D eigenvalue weighted by atomic mass is 79.9. The molecule has 1 aliphatic rings. The van der Waals surface area contributed by atoms with E-state index in [4.69, 9.17) is 5.11 Å². The molecule has 2 rings (SSSR count). The number of amides is 1. The van der Waals surface area contributed by atoms with Crippen molar-refractivity contribution in [1.82, 2.24) is 0 Å². The van der Waals surface area contributed by atoms with Crippen LogP contribution in [-0.4, -0.2) is 17.0 Å². The number of benzene rings is 1. The summed E-state index contributed by atoms with van der Waals surface area (Å²) in [6.45, 7) is 3.86. The lowest BCUT2D eigenvalue weighted by molar-refractivity contribution is -0.117. The van der Waals surface area contributed by atoms with Crippen LogP contribution in [0, 0.1) is 18.8 Å². The van der Waals surface area contributed by atoms with Gasteiger partial charge >= 0.3 is 5.97 Å². The number of carbonyl (C=O) groups excluding carboxylic acids is 1. The van der Waals surface area contributed by atoms with Crippen molar-refractivity contribution in [2.45, 2.75) is 20.3 Å². The second kappa shape index (κ2) is 4.72. The second-order valence-corrected chi connectivity index (χ2v) is 5.62. The monoisotopic (exact) mass is 311 g/mol. The number of carboxylic acids is 1. The molecule has 0 saturated heterocycles. The Kier molecular flexibility index (Phi) is 3.43. The van der Waals surface area contributed by atoms with Gasteiger partial charge in [-0.25, -0.2) is 4.79 Å². The number of carboxylic acid groups (broad SMARTS) is 1. The van der Waals surface area contributed by atoms with Gasteiger partial charge in [0.1, 0.15) is 0 Å². The molecular formula is C13H14BrNO3. The zero-order chi connectivity index (χ0) is 13.4. The number of aromatic carboxylic acids is 1. The fraction of sp³-hybridized carbons (Fsp3) is 0.385. The molecule has 0 heterocycles. The Labute approximate surface area is 114 Å². The van der Waals surface area contributed by atoms with E-state index in [2.05, 4.69) is 21.2 Å². The zero-order valence-electron chi connectivity index (χ0n) is 10.2. The standard InChI is InChI=1S/C13H14BrNO3/c1-6-3-8(6)12(16)15-11-5-9(13(17)18)10(14)4-7(11)2/h4-6,8H,3H2,1-2H3,(H,15,16)(H,17,18). The lowest BCUT2D eigenvalue weighted by atomic mass is 10.1. The van der Waals surface area contributed by atoms with Crippen molar-refractivity contribution in [3.05, 3.63) is 27.7 Å². The fourth-order valence-corrected chi connectivity index (χ4v) is 2.51. The Bertz CT molecular complexity index is 527. The van der Waals surface area contributed by atoms with E-state index in [1.165, 1.54) is 6.07 Å². The highest BCUT2D eigenvalue weighted by Gasteiger charge is 2.39. The first kappa shape index (κ1) is 13.1. The molecule has 2 atom stereocenters. The van der Waals surface area contributed by atoms with E-state index < -0.39 is 5.97 Å². The van der Waals surface area contributed by atoms with Gasteiger partial charge in [0.15, 0.2) is 0 Å². The zero-order valence-corrected chi connectivity index (χ0v) is 11.7. The van der Waals surface area contributed by atoms with Crippen LogP contribution >= 0.6 is 15.9 Å². The number of halogens is 1. The van der Waals surface area contributed by atoms with Crippen molar-refractivity contribution in [1.29, 1.82) is 0 Å². The molecule has 1 aromatic carbocycles. The highest BCUT2D eigenvalue weighted by molar-refractivity contribution is 9.10. The maximum atomic E-state index is 11.8. The minimum absolute atomic E-state index is 0.0238. The third-order valence-electron chi connectivity index (χ3n) is 3.25. The van der Waals surface area contributed by atoms with Crippen molar-refractivity contribution >= 4 is 33.5 Å². The average molecular weight is 312 g/mol. The molecule has 0 aromatic heterocycles. The molecule has 0 bridgehead atoms. The molecule has 4 nitrogen and oxygen atoms in total. The minimum atomic E-state index is -1.02. The molecule has 18 heavy (non-hydrogen) atoms. The Morgan fingerprint density at radius 3 is 2.56 bits per heavy atom. The number of anilines is 1. The lowest BCUT2D eigenvalue weighted by Gasteiger charge is -2.10. The first-order valence-corrected chi connectivity index (χ1v) is 6.53. The van der Waals surface area contributed by atoms with Crippen LogP contribution in [0.3, 0.4) is 0 Å². The third-order valence-corrected chi connectivity index (χ3v) is 3.90. The Morgan fingerprint density at radius 2 is 2.06 bits per heavy atom. The predicted molar refractivity (Wildman–Crippen MR) is 71.7 cm³/mol. The van der Waals surface area contributed by atoms with E-state index in [1.807, 2.05) is 13.8 Å². The third kappa shape index (κ3) is 2.56. The van der Waals surface area contributed by atoms with E-state index in [-0.39, 0.29) is 17.4 Å². The van der Waals surface area contributed by atoms with E-state index in [9.17, 15) is 9.59 Å². The molecule has 96 valence electrons. The molecule has 0 spiro atoms. The van der Waals surface area contributed by atoms with Crippen LogP contribution in [-0.2, 0) is 4.79 Å². The summed E-state index contributed by atoms with van der Waals surface area (Å²) in [4.78, 5) is 22.9. The molecule has 1 aromatic rings. The van der Waals surface area contributed by atoms with Gasteiger partial charge in [-0.3, -0.25) is 4.79 Å². The van der Waals surface area contributed by atoms with Crippen molar-refractivity contribution < 1.29 is 14.7 Å². The molecule has 1 saturated carbocycles. The molecule has 0 radical (unpaired) electrons. The summed E-state index contributed by atoms with van der Waals surface area (Å²) in [5.41, 5.74) is 1.56. The first-order chi connectivity index (χ1) is 8.40. The summed E-state index contributed by atoms with van der Waals surface area (Å²) in [6, 6.07) is 3.20. The molecule has 1 fully saturated rings. The van der Waals surface area contributed by atoms with Crippen molar-refractivity contribution in [3.8, 4) is 0 Å². The van der Waals surface area contributed by atoms with Gasteiger partial charge in [0, 0.05) is 16.1 Å². The number of nitrogens with one attached hydrogen (secondary N) is 1. The summed E-state index contributed by atoms with van der Waals surface area (Å²) in [7, 11) is 0. The van der Waals surface area contributed by atoms with Crippen molar-refractivity contribution in [3.63, 3.8) is 0 Å². The molecule has 2 N–H and O–H groups in total. The van der Waals surface area contributed by atoms with Crippen molar-refractivity contribution in [2.75, 3.05) is 5.32 Å². The van der Waals surface area contributed by atoms with E-state index in [1.54, 1.807) is 6.07 Å². The largest absolute Gasteiger partial charge is 0.478 e. The Hall–Kier alpha value is -1.36. The lowest BCUT2D eigenvalue weighted by Crippen LogP contribution is -2.16. The van der Waals surface area contributed by atoms with Gasteiger partial charge in [-0.15, -0.1) is 0 Å². The number of carbonyl (C=O) groups is 2. The predicted octanol–water partition coefficient (Wildman–Crippen LogP) is 3.05. The van der Waals surface area contributed by atoms with Crippen LogP contribution in [0.5, 0.6) is 0 Å². The fourth-order valence-electron chi connectivity index (χ4n) is 1.88. The van der Waals surface area contributed by atoms with Gasteiger partial charge in [0.05, 0.1) is 5.56 Å². The second-order valence-electron chi connectivity index (χ2n) is 4.76. The van der Waals surface area contributed by atoms with Crippen LogP contribution in [0.2, 0.25) is 0 Å². The van der Waals surface area contributed by atoms with Crippen LogP contribution in [0.15, 0.2) is 16.6 Å². The van der Waals surface area contributed by atoms with Crippen LogP contribution < -0.4 is 5.32 Å². The molecule has 1 amide bonds. The van der Waals surface area contributed by atoms with Gasteiger partial charge in [0.25, 0.3) is 0 Å². The summed E-state index contributed by atoms with van der Waals surface area (Å²) in [5, 5.41) is 11.8. The summed E-state index contributed by atoms with van der Waals surface area (Å²) in [6.07, 6.45) is 0.910. The van der Waals surface area contributed by atoms with Gasteiger partial charge in [-0.05, 0) is 52.9 Å². The maximum Gasteiger partial charge on any atom is 0.336 e. The summed E-state index contributed by atoms with van der Waals surface area (Å²) < 4.78 is 0.519. The first-order valence-electron chi connectivity index (χ1n) is 5.74. The average Bonchev–Trinajstić information content (AvgIpc) is 2.99. The Morgan fingerprint density at radius 1 is 1.44 bits per heavy atom. The summed E-state index contributed by atoms with van der Waals surface area (Å²) >= 11 is 3.21. The van der Waals surface area contributed by atoms with Gasteiger partial charge in [-0.2, -0.15) is 0 Å². The van der Waals surface area contributed by atoms with Crippen LogP contribution in [0.1, 0.15) is 29.3 Å². The molecule has 2 unspecified atom stereocenters. The molecule has 5 heteroatoms. The normalized spacial score (nSPS) is 21.5. The smallest absolute Gasteiger partial charge is 0.336 e. The highest BCUT2D eigenvalue weighted by Crippen LogP contribution is 2.38. The van der Waals surface area contributed by atoms with E-state index in [0.717, 1.165) is 12.0 Å².